The lowest BCUT2D eigenvalue weighted by atomic mass is 9.98. The van der Waals surface area contributed by atoms with Crippen molar-refractivity contribution in [3.8, 4) is 11.4 Å². The standard InChI is InChI=1S/C20H22F3N5/c1-27(2)12-5-13-28-25-19(24-26-28)18-7-4-3-6-16(18)14-15-8-10-17(11-9-15)20(21,22)23/h3-4,6-11H,5,12-14H2,1-2H3. The maximum atomic E-state index is 12.7. The van der Waals surface area contributed by atoms with Gasteiger partial charge < -0.3 is 4.90 Å². The molecule has 148 valence electrons. The van der Waals surface area contributed by atoms with Crippen LogP contribution in [0.4, 0.5) is 13.2 Å². The van der Waals surface area contributed by atoms with Gasteiger partial charge in [0.05, 0.1) is 12.1 Å². The third-order valence-corrected chi connectivity index (χ3v) is 4.35. The first kappa shape index (κ1) is 20.0. The zero-order valence-corrected chi connectivity index (χ0v) is 15.8. The summed E-state index contributed by atoms with van der Waals surface area (Å²) in [6.07, 6.45) is -2.93. The predicted molar refractivity (Wildman–Crippen MR) is 101 cm³/mol. The van der Waals surface area contributed by atoms with Gasteiger partial charge in [0.15, 0.2) is 0 Å². The smallest absolute Gasteiger partial charge is 0.309 e. The number of tetrazole rings is 1. The number of nitrogens with zero attached hydrogens (tertiary/aromatic N) is 5. The molecule has 28 heavy (non-hydrogen) atoms. The maximum Gasteiger partial charge on any atom is 0.416 e. The van der Waals surface area contributed by atoms with Gasteiger partial charge in [-0.15, -0.1) is 10.2 Å². The van der Waals surface area contributed by atoms with Crippen LogP contribution in [0.5, 0.6) is 0 Å². The van der Waals surface area contributed by atoms with Crippen molar-refractivity contribution >= 4 is 0 Å². The van der Waals surface area contributed by atoms with Gasteiger partial charge in [-0.2, -0.15) is 18.0 Å². The summed E-state index contributed by atoms with van der Waals surface area (Å²) < 4.78 is 38.2. The fourth-order valence-corrected chi connectivity index (χ4v) is 2.90. The van der Waals surface area contributed by atoms with E-state index in [1.54, 1.807) is 4.80 Å². The fraction of sp³-hybridized carbons (Fsp3) is 0.350. The highest BCUT2D eigenvalue weighted by atomic mass is 19.4. The van der Waals surface area contributed by atoms with Crippen molar-refractivity contribution in [3.05, 3.63) is 65.2 Å². The molecule has 0 saturated carbocycles. The first-order chi connectivity index (χ1) is 13.3. The van der Waals surface area contributed by atoms with Crippen LogP contribution < -0.4 is 0 Å². The van der Waals surface area contributed by atoms with E-state index in [2.05, 4.69) is 20.3 Å². The second-order valence-corrected chi connectivity index (χ2v) is 6.89. The quantitative estimate of drug-likeness (QED) is 0.615. The van der Waals surface area contributed by atoms with Crippen molar-refractivity contribution in [1.82, 2.24) is 25.1 Å². The second kappa shape index (κ2) is 8.52. The molecule has 0 spiro atoms. The van der Waals surface area contributed by atoms with Gasteiger partial charge in [-0.3, -0.25) is 0 Å². The van der Waals surface area contributed by atoms with Gasteiger partial charge in [-0.05, 0) is 62.0 Å². The van der Waals surface area contributed by atoms with Crippen molar-refractivity contribution in [2.75, 3.05) is 20.6 Å². The Kier molecular flexibility index (Phi) is 6.08. The molecule has 0 radical (unpaired) electrons. The number of halogens is 3. The lowest BCUT2D eigenvalue weighted by Gasteiger charge is -2.09. The minimum absolute atomic E-state index is 0.490. The predicted octanol–water partition coefficient (Wildman–Crippen LogP) is 3.90. The van der Waals surface area contributed by atoms with Crippen molar-refractivity contribution in [1.29, 1.82) is 0 Å². The van der Waals surface area contributed by atoms with Crippen LogP contribution in [0.1, 0.15) is 23.1 Å². The van der Waals surface area contributed by atoms with Gasteiger partial charge in [0, 0.05) is 5.56 Å². The van der Waals surface area contributed by atoms with Crippen LogP contribution in [0.3, 0.4) is 0 Å². The molecule has 3 aromatic rings. The van der Waals surface area contributed by atoms with Gasteiger partial charge in [0.2, 0.25) is 5.82 Å². The van der Waals surface area contributed by atoms with Crippen LogP contribution in [-0.2, 0) is 19.1 Å². The summed E-state index contributed by atoms with van der Waals surface area (Å²) in [4.78, 5) is 3.67. The number of aryl methyl sites for hydroxylation is 1. The average molecular weight is 389 g/mol. The second-order valence-electron chi connectivity index (χ2n) is 6.89. The van der Waals surface area contributed by atoms with E-state index in [1.165, 1.54) is 12.1 Å². The van der Waals surface area contributed by atoms with E-state index < -0.39 is 11.7 Å². The van der Waals surface area contributed by atoms with Crippen LogP contribution >= 0.6 is 0 Å². The van der Waals surface area contributed by atoms with Crippen molar-refractivity contribution < 1.29 is 13.2 Å². The number of hydrogen-bond donors (Lipinski definition) is 0. The molecule has 0 fully saturated rings. The van der Waals surface area contributed by atoms with Crippen LogP contribution in [0.2, 0.25) is 0 Å². The van der Waals surface area contributed by atoms with E-state index in [4.69, 9.17) is 0 Å². The highest BCUT2D eigenvalue weighted by Gasteiger charge is 2.29. The van der Waals surface area contributed by atoms with Crippen molar-refractivity contribution in [2.45, 2.75) is 25.6 Å². The maximum absolute atomic E-state index is 12.7. The fourth-order valence-electron chi connectivity index (χ4n) is 2.90. The highest BCUT2D eigenvalue weighted by molar-refractivity contribution is 5.60. The Labute approximate surface area is 161 Å². The van der Waals surface area contributed by atoms with Crippen molar-refractivity contribution in [3.63, 3.8) is 0 Å². The van der Waals surface area contributed by atoms with Gasteiger partial charge >= 0.3 is 6.18 Å². The summed E-state index contributed by atoms with van der Waals surface area (Å²) in [5.41, 5.74) is 1.92. The number of rotatable bonds is 7. The number of hydrogen-bond acceptors (Lipinski definition) is 4. The molecule has 0 amide bonds. The monoisotopic (exact) mass is 389 g/mol. The van der Waals surface area contributed by atoms with Gasteiger partial charge in [-0.1, -0.05) is 36.4 Å². The lowest BCUT2D eigenvalue weighted by Crippen LogP contribution is -2.15. The Balaban J connectivity index is 1.76. The largest absolute Gasteiger partial charge is 0.416 e. The molecular weight excluding hydrogens is 367 g/mol. The summed E-state index contributed by atoms with van der Waals surface area (Å²) in [5, 5.41) is 12.7. The Morgan fingerprint density at radius 3 is 2.39 bits per heavy atom. The molecule has 5 nitrogen and oxygen atoms in total. The SMILES string of the molecule is CN(C)CCCn1nnc(-c2ccccc2Cc2ccc(C(F)(F)F)cc2)n1. The van der Waals surface area contributed by atoms with Gasteiger partial charge in [0.25, 0.3) is 0 Å². The Morgan fingerprint density at radius 2 is 1.71 bits per heavy atom. The third kappa shape index (κ3) is 5.16. The summed E-state index contributed by atoms with van der Waals surface area (Å²) in [6.45, 7) is 1.60. The molecule has 0 unspecified atom stereocenters. The summed E-state index contributed by atoms with van der Waals surface area (Å²) in [6, 6.07) is 12.8. The molecule has 0 aliphatic heterocycles. The van der Waals surface area contributed by atoms with Crippen LogP contribution in [0, 0.1) is 0 Å². The Hall–Kier alpha value is -2.74. The van der Waals surface area contributed by atoms with Gasteiger partial charge in [-0.25, -0.2) is 0 Å². The lowest BCUT2D eigenvalue weighted by molar-refractivity contribution is -0.137. The zero-order valence-electron chi connectivity index (χ0n) is 15.8. The van der Waals surface area contributed by atoms with E-state index in [1.807, 2.05) is 38.4 Å². The molecule has 3 rings (SSSR count). The highest BCUT2D eigenvalue weighted by Crippen LogP contribution is 2.30. The first-order valence-electron chi connectivity index (χ1n) is 9.00. The Morgan fingerprint density at radius 1 is 1.00 bits per heavy atom. The van der Waals surface area contributed by atoms with E-state index in [0.29, 0.717) is 18.8 Å². The molecule has 0 bridgehead atoms. The van der Waals surface area contributed by atoms with E-state index in [9.17, 15) is 13.2 Å². The van der Waals surface area contributed by atoms with Gasteiger partial charge in [0.1, 0.15) is 0 Å². The Bertz CT molecular complexity index is 901. The molecule has 8 heteroatoms. The normalized spacial score (nSPS) is 11.9. The molecule has 0 aliphatic rings. The summed E-state index contributed by atoms with van der Waals surface area (Å²) in [7, 11) is 4.02. The molecule has 0 N–H and O–H groups in total. The minimum atomic E-state index is -4.33. The number of aromatic nitrogens is 4. The molecule has 2 aromatic carbocycles. The van der Waals surface area contributed by atoms with Crippen molar-refractivity contribution in [2.24, 2.45) is 0 Å². The number of benzene rings is 2. The van der Waals surface area contributed by atoms with Crippen LogP contribution in [0.25, 0.3) is 11.4 Å². The molecule has 0 saturated heterocycles. The minimum Gasteiger partial charge on any atom is -0.309 e. The summed E-state index contributed by atoms with van der Waals surface area (Å²) >= 11 is 0. The topological polar surface area (TPSA) is 46.8 Å². The molecule has 1 heterocycles. The molecule has 1 aromatic heterocycles. The molecular formula is C20H22F3N5. The molecule has 0 atom stereocenters. The van der Waals surface area contributed by atoms with E-state index >= 15 is 0 Å². The third-order valence-electron chi connectivity index (χ3n) is 4.35. The summed E-state index contributed by atoms with van der Waals surface area (Å²) in [5.74, 6) is 0.521. The first-order valence-corrected chi connectivity index (χ1v) is 9.00. The number of alkyl halides is 3. The van der Waals surface area contributed by atoms with Crippen LogP contribution in [-0.4, -0.2) is 45.7 Å². The molecule has 0 aliphatic carbocycles. The van der Waals surface area contributed by atoms with E-state index in [-0.39, 0.29) is 0 Å². The average Bonchev–Trinajstić information content (AvgIpc) is 3.10. The van der Waals surface area contributed by atoms with Crippen LogP contribution in [0.15, 0.2) is 48.5 Å². The zero-order chi connectivity index (χ0) is 20.1. The van der Waals surface area contributed by atoms with E-state index in [0.717, 1.165) is 41.8 Å².